The van der Waals surface area contributed by atoms with Crippen molar-refractivity contribution in [2.45, 2.75) is 23.5 Å². The third-order valence-corrected chi connectivity index (χ3v) is 6.02. The number of carbonyl (C=O) groups excluding carboxylic acids is 2. The largest absolute Gasteiger partial charge is 0.451 e. The van der Waals surface area contributed by atoms with Gasteiger partial charge in [-0.2, -0.15) is 0 Å². The molecule has 0 saturated carbocycles. The lowest BCUT2D eigenvalue weighted by molar-refractivity contribution is -0.121. The van der Waals surface area contributed by atoms with E-state index in [2.05, 4.69) is 23.8 Å². The Morgan fingerprint density at radius 3 is 3.07 bits per heavy atom. The SMILES string of the molecule is C=CCNc1nc(C(=O)OCC(=O)N2CC[C@H](C)Sc3ccccc32)cs1. The first-order valence-corrected chi connectivity index (χ1v) is 10.4. The fourth-order valence-corrected chi connectivity index (χ4v) is 4.44. The van der Waals surface area contributed by atoms with Crippen molar-refractivity contribution in [1.29, 1.82) is 0 Å². The second kappa shape index (κ2) is 9.05. The average molecular weight is 404 g/mol. The number of amides is 1. The zero-order valence-electron chi connectivity index (χ0n) is 15.0. The van der Waals surface area contributed by atoms with Gasteiger partial charge >= 0.3 is 5.97 Å². The van der Waals surface area contributed by atoms with Crippen molar-refractivity contribution in [3.05, 3.63) is 48.0 Å². The molecule has 3 rings (SSSR count). The van der Waals surface area contributed by atoms with E-state index in [4.69, 9.17) is 4.74 Å². The molecule has 6 nitrogen and oxygen atoms in total. The number of thioether (sulfide) groups is 1. The van der Waals surface area contributed by atoms with Gasteiger partial charge in [0.05, 0.1) is 5.69 Å². The monoisotopic (exact) mass is 403 g/mol. The Kier molecular flexibility index (Phi) is 6.52. The summed E-state index contributed by atoms with van der Waals surface area (Å²) in [5.74, 6) is -0.831. The van der Waals surface area contributed by atoms with Crippen LogP contribution in [0.15, 0.2) is 47.2 Å². The zero-order valence-corrected chi connectivity index (χ0v) is 16.6. The minimum Gasteiger partial charge on any atom is -0.451 e. The molecule has 1 aromatic heterocycles. The number of anilines is 2. The lowest BCUT2D eigenvalue weighted by Gasteiger charge is -2.22. The van der Waals surface area contributed by atoms with E-state index in [9.17, 15) is 9.59 Å². The van der Waals surface area contributed by atoms with Gasteiger partial charge in [-0.25, -0.2) is 9.78 Å². The Hall–Kier alpha value is -2.32. The number of benzene rings is 1. The highest BCUT2D eigenvalue weighted by molar-refractivity contribution is 8.00. The van der Waals surface area contributed by atoms with Gasteiger partial charge in [0.25, 0.3) is 5.91 Å². The van der Waals surface area contributed by atoms with E-state index in [0.717, 1.165) is 17.0 Å². The summed E-state index contributed by atoms with van der Waals surface area (Å²) in [5.41, 5.74) is 1.07. The van der Waals surface area contributed by atoms with Crippen LogP contribution in [0.4, 0.5) is 10.8 Å². The molecule has 1 aromatic carbocycles. The van der Waals surface area contributed by atoms with Crippen LogP contribution in [0, 0.1) is 0 Å². The van der Waals surface area contributed by atoms with Crippen LogP contribution in [0.25, 0.3) is 0 Å². The van der Waals surface area contributed by atoms with Crippen LogP contribution < -0.4 is 10.2 Å². The Bertz CT molecular complexity index is 837. The molecule has 0 aliphatic carbocycles. The number of rotatable bonds is 6. The summed E-state index contributed by atoms with van der Waals surface area (Å²) in [6, 6.07) is 7.82. The smallest absolute Gasteiger partial charge is 0.358 e. The van der Waals surface area contributed by atoms with E-state index in [1.807, 2.05) is 24.3 Å². The molecule has 0 fully saturated rings. The molecule has 0 bridgehead atoms. The van der Waals surface area contributed by atoms with E-state index in [1.165, 1.54) is 11.3 Å². The molecule has 1 aliphatic rings. The first-order valence-electron chi connectivity index (χ1n) is 8.62. The molecule has 142 valence electrons. The number of hydrogen-bond donors (Lipinski definition) is 1. The summed E-state index contributed by atoms with van der Waals surface area (Å²) >= 11 is 3.06. The maximum atomic E-state index is 12.7. The van der Waals surface area contributed by atoms with Gasteiger partial charge in [-0.1, -0.05) is 25.1 Å². The van der Waals surface area contributed by atoms with Gasteiger partial charge in [0.15, 0.2) is 17.4 Å². The topological polar surface area (TPSA) is 71.5 Å². The third kappa shape index (κ3) is 4.90. The lowest BCUT2D eigenvalue weighted by Crippen LogP contribution is -2.35. The molecule has 1 N–H and O–H groups in total. The van der Waals surface area contributed by atoms with Crippen LogP contribution in [0.3, 0.4) is 0 Å². The molecular formula is C19H21N3O3S2. The highest BCUT2D eigenvalue weighted by atomic mass is 32.2. The first-order chi connectivity index (χ1) is 13.1. The van der Waals surface area contributed by atoms with Crippen molar-refractivity contribution in [1.82, 2.24) is 4.98 Å². The van der Waals surface area contributed by atoms with Gasteiger partial charge in [-0.3, -0.25) is 4.79 Å². The second-order valence-corrected chi connectivity index (χ2v) is 8.35. The van der Waals surface area contributed by atoms with Crippen molar-refractivity contribution in [2.75, 3.05) is 29.9 Å². The van der Waals surface area contributed by atoms with Gasteiger partial charge in [0.1, 0.15) is 0 Å². The number of carbonyl (C=O) groups is 2. The minimum absolute atomic E-state index is 0.194. The van der Waals surface area contributed by atoms with E-state index in [0.29, 0.717) is 23.5 Å². The molecule has 1 amide bonds. The van der Waals surface area contributed by atoms with Crippen molar-refractivity contribution < 1.29 is 14.3 Å². The number of para-hydroxylation sites is 1. The molecule has 1 atom stereocenters. The number of ether oxygens (including phenoxy) is 1. The van der Waals surface area contributed by atoms with E-state index >= 15 is 0 Å². The normalized spacial score (nSPS) is 16.2. The van der Waals surface area contributed by atoms with Gasteiger partial charge < -0.3 is 15.0 Å². The molecular weight excluding hydrogens is 382 g/mol. The van der Waals surface area contributed by atoms with E-state index < -0.39 is 5.97 Å². The molecule has 1 aliphatic heterocycles. The number of nitrogens with zero attached hydrogens (tertiary/aromatic N) is 2. The standard InChI is InChI=1S/C19H21N3O3S2/c1-3-9-20-19-21-14(12-26-19)18(24)25-11-17(23)22-10-8-13(2)27-16-7-5-4-6-15(16)22/h3-7,12-13H,1,8-11H2,2H3,(H,20,21)/t13-/m0/s1. The summed E-state index contributed by atoms with van der Waals surface area (Å²) < 4.78 is 5.20. The third-order valence-electron chi connectivity index (χ3n) is 3.98. The summed E-state index contributed by atoms with van der Waals surface area (Å²) in [6.45, 7) is 6.63. The number of esters is 1. The Morgan fingerprint density at radius 1 is 1.44 bits per heavy atom. The molecule has 8 heteroatoms. The Balaban J connectivity index is 1.62. The number of hydrogen-bond acceptors (Lipinski definition) is 7. The van der Waals surface area contributed by atoms with Crippen molar-refractivity contribution >= 4 is 45.8 Å². The highest BCUT2D eigenvalue weighted by Crippen LogP contribution is 2.37. The van der Waals surface area contributed by atoms with Crippen LogP contribution in [0.2, 0.25) is 0 Å². The van der Waals surface area contributed by atoms with Crippen LogP contribution in [-0.2, 0) is 9.53 Å². The maximum absolute atomic E-state index is 12.7. The predicted molar refractivity (Wildman–Crippen MR) is 110 cm³/mol. The summed E-state index contributed by atoms with van der Waals surface area (Å²) in [6.07, 6.45) is 2.58. The molecule has 0 radical (unpaired) electrons. The molecule has 2 aromatic rings. The second-order valence-electron chi connectivity index (χ2n) is 6.01. The number of nitrogens with one attached hydrogen (secondary N) is 1. The van der Waals surface area contributed by atoms with Crippen molar-refractivity contribution in [3.8, 4) is 0 Å². The first kappa shape index (κ1) is 19.4. The molecule has 27 heavy (non-hydrogen) atoms. The van der Waals surface area contributed by atoms with Crippen LogP contribution >= 0.6 is 23.1 Å². The van der Waals surface area contributed by atoms with E-state index in [-0.39, 0.29) is 18.2 Å². The molecule has 0 saturated heterocycles. The van der Waals surface area contributed by atoms with Crippen molar-refractivity contribution in [2.24, 2.45) is 0 Å². The Labute approximate surface area is 166 Å². The quantitative estimate of drug-likeness (QED) is 0.584. The van der Waals surface area contributed by atoms with Gasteiger partial charge in [-0.05, 0) is 18.6 Å². The average Bonchev–Trinajstić information content (AvgIpc) is 3.07. The lowest BCUT2D eigenvalue weighted by atomic mass is 10.2. The van der Waals surface area contributed by atoms with Crippen LogP contribution in [-0.4, -0.2) is 41.8 Å². The number of thiazole rings is 1. The fraction of sp³-hybridized carbons (Fsp3) is 0.316. The fourth-order valence-electron chi connectivity index (χ4n) is 2.63. The highest BCUT2D eigenvalue weighted by Gasteiger charge is 2.25. The number of aromatic nitrogens is 1. The minimum atomic E-state index is -0.600. The Morgan fingerprint density at radius 2 is 2.26 bits per heavy atom. The predicted octanol–water partition coefficient (Wildman–Crippen LogP) is 3.82. The van der Waals surface area contributed by atoms with E-state index in [1.54, 1.807) is 28.1 Å². The van der Waals surface area contributed by atoms with Crippen LogP contribution in [0.1, 0.15) is 23.8 Å². The summed E-state index contributed by atoms with van der Waals surface area (Å²) in [7, 11) is 0. The maximum Gasteiger partial charge on any atom is 0.358 e. The van der Waals surface area contributed by atoms with Gasteiger partial charge in [0.2, 0.25) is 0 Å². The summed E-state index contributed by atoms with van der Waals surface area (Å²) in [4.78, 5) is 31.8. The van der Waals surface area contributed by atoms with Gasteiger partial charge in [0, 0.05) is 28.6 Å². The van der Waals surface area contributed by atoms with Crippen molar-refractivity contribution in [3.63, 3.8) is 0 Å². The van der Waals surface area contributed by atoms with Crippen LogP contribution in [0.5, 0.6) is 0 Å². The molecule has 2 heterocycles. The summed E-state index contributed by atoms with van der Waals surface area (Å²) in [5, 5.41) is 5.65. The number of fused-ring (bicyclic) bond motifs is 1. The molecule has 0 unspecified atom stereocenters. The van der Waals surface area contributed by atoms with Gasteiger partial charge in [-0.15, -0.1) is 29.7 Å². The zero-order chi connectivity index (χ0) is 19.2. The molecule has 0 spiro atoms.